The number of aromatic hydroxyl groups is 1. The standard InChI is InChI=1S/C20H15BrClN3O4S/c21-12-7-11-14(8-13(12)22)23-18(27)16(11)17-19(28)25(20(30)24-17)15(29-9-26)6-10-4-2-1-3-5-10/h1-5,7-8,15,26,28H,6,9H2,(H,24,30). The van der Waals surface area contributed by atoms with Crippen LogP contribution in [-0.4, -0.2) is 32.5 Å². The Morgan fingerprint density at radius 3 is 2.73 bits per heavy atom. The average molecular weight is 509 g/mol. The van der Waals surface area contributed by atoms with Crippen LogP contribution in [0.4, 0.5) is 0 Å². The van der Waals surface area contributed by atoms with E-state index in [1.807, 2.05) is 30.3 Å². The lowest BCUT2D eigenvalue weighted by molar-refractivity contribution is -0.112. The summed E-state index contributed by atoms with van der Waals surface area (Å²) in [6, 6.07) is 12.7. The maximum absolute atomic E-state index is 12.6. The van der Waals surface area contributed by atoms with Crippen LogP contribution in [0.5, 0.6) is 5.88 Å². The fourth-order valence-corrected chi connectivity index (χ4v) is 4.17. The van der Waals surface area contributed by atoms with Gasteiger partial charge in [-0.05, 0) is 45.8 Å². The van der Waals surface area contributed by atoms with Crippen LogP contribution in [0.15, 0.2) is 51.9 Å². The van der Waals surface area contributed by atoms with Crippen molar-refractivity contribution < 1.29 is 19.7 Å². The Morgan fingerprint density at radius 2 is 2.03 bits per heavy atom. The molecule has 0 aliphatic carbocycles. The molecule has 0 spiro atoms. The molecule has 7 nitrogen and oxygen atoms in total. The smallest absolute Gasteiger partial charge is 0.280 e. The Balaban J connectivity index is 1.86. The second kappa shape index (κ2) is 8.44. The van der Waals surface area contributed by atoms with Gasteiger partial charge >= 0.3 is 0 Å². The molecule has 1 unspecified atom stereocenters. The molecule has 4 rings (SSSR count). The number of nitrogens with one attached hydrogen (secondary N) is 1. The summed E-state index contributed by atoms with van der Waals surface area (Å²) in [6.45, 7) is -0.571. The normalized spacial score (nSPS) is 14.0. The quantitative estimate of drug-likeness (QED) is 0.351. The summed E-state index contributed by atoms with van der Waals surface area (Å²) in [6.07, 6.45) is -0.452. The number of ether oxygens (including phenoxy) is 1. The van der Waals surface area contributed by atoms with Crippen molar-refractivity contribution in [2.75, 3.05) is 6.79 Å². The lowest BCUT2D eigenvalue weighted by atomic mass is 10.1. The van der Waals surface area contributed by atoms with E-state index < -0.39 is 18.9 Å². The van der Waals surface area contributed by atoms with Crippen molar-refractivity contribution in [1.29, 1.82) is 0 Å². The molecule has 10 heteroatoms. The zero-order valence-corrected chi connectivity index (χ0v) is 18.5. The molecule has 2 heterocycles. The van der Waals surface area contributed by atoms with Gasteiger partial charge in [-0.1, -0.05) is 41.9 Å². The Kier molecular flexibility index (Phi) is 5.90. The number of rotatable bonds is 6. The summed E-state index contributed by atoms with van der Waals surface area (Å²) >= 11 is 14.8. The highest BCUT2D eigenvalue weighted by Gasteiger charge is 2.28. The molecule has 0 saturated heterocycles. The number of nitrogens with zero attached hydrogens (tertiary/aromatic N) is 2. The Bertz CT molecular complexity index is 1320. The molecular formula is C20H15BrClN3O4S. The van der Waals surface area contributed by atoms with Gasteiger partial charge in [0.05, 0.1) is 16.0 Å². The Hall–Kier alpha value is -2.30. The van der Waals surface area contributed by atoms with Gasteiger partial charge in [0.25, 0.3) is 5.91 Å². The van der Waals surface area contributed by atoms with E-state index >= 15 is 0 Å². The SMILES string of the molecule is O=C1N=c2cc(Cl)c(Br)cc2=C1c1[nH]c(=S)n(C(Cc2ccccc2)OCO)c1O. The predicted molar refractivity (Wildman–Crippen MR) is 116 cm³/mol. The van der Waals surface area contributed by atoms with Crippen molar-refractivity contribution in [3.63, 3.8) is 0 Å². The van der Waals surface area contributed by atoms with E-state index in [2.05, 4.69) is 25.9 Å². The van der Waals surface area contributed by atoms with E-state index in [0.29, 0.717) is 26.5 Å². The van der Waals surface area contributed by atoms with Gasteiger partial charge in [-0.15, -0.1) is 0 Å². The molecular weight excluding hydrogens is 494 g/mol. The fraction of sp³-hybridized carbons (Fsp3) is 0.150. The van der Waals surface area contributed by atoms with Crippen LogP contribution in [-0.2, 0) is 16.0 Å². The highest BCUT2D eigenvalue weighted by atomic mass is 79.9. The van der Waals surface area contributed by atoms with Crippen molar-refractivity contribution >= 4 is 51.2 Å². The molecule has 0 bridgehead atoms. The number of aliphatic hydroxyl groups is 1. The summed E-state index contributed by atoms with van der Waals surface area (Å²) in [5.74, 6) is -0.813. The maximum Gasteiger partial charge on any atom is 0.280 e. The summed E-state index contributed by atoms with van der Waals surface area (Å²) in [4.78, 5) is 19.5. The molecule has 0 saturated carbocycles. The first kappa shape index (κ1) is 21.0. The predicted octanol–water partition coefficient (Wildman–Crippen LogP) is 2.73. The van der Waals surface area contributed by atoms with Crippen LogP contribution in [0.2, 0.25) is 5.02 Å². The third-order valence-electron chi connectivity index (χ3n) is 4.70. The number of hydrogen-bond acceptors (Lipinski definition) is 5. The largest absolute Gasteiger partial charge is 0.493 e. The van der Waals surface area contributed by atoms with Gasteiger partial charge in [0.15, 0.2) is 4.77 Å². The number of imidazole rings is 1. The summed E-state index contributed by atoms with van der Waals surface area (Å²) < 4.78 is 7.49. The van der Waals surface area contributed by atoms with E-state index in [1.165, 1.54) is 4.57 Å². The average Bonchev–Trinajstić information content (AvgIpc) is 3.17. The number of carbonyl (C=O) groups excluding carboxylic acids is 1. The molecule has 1 aliphatic heterocycles. The van der Waals surface area contributed by atoms with Gasteiger partial charge < -0.3 is 19.9 Å². The van der Waals surface area contributed by atoms with Crippen LogP contribution in [0.1, 0.15) is 17.5 Å². The number of amides is 1. The van der Waals surface area contributed by atoms with Gasteiger partial charge in [-0.25, -0.2) is 4.99 Å². The maximum atomic E-state index is 12.6. The third-order valence-corrected chi connectivity index (χ3v) is 6.20. The van der Waals surface area contributed by atoms with Crippen LogP contribution in [0.3, 0.4) is 0 Å². The second-order valence-electron chi connectivity index (χ2n) is 6.51. The zero-order chi connectivity index (χ0) is 21.4. The number of aromatic nitrogens is 2. The van der Waals surface area contributed by atoms with E-state index in [-0.39, 0.29) is 21.9 Å². The van der Waals surface area contributed by atoms with Crippen LogP contribution in [0.25, 0.3) is 5.57 Å². The van der Waals surface area contributed by atoms with E-state index in [4.69, 9.17) is 28.6 Å². The first-order valence-electron chi connectivity index (χ1n) is 8.83. The summed E-state index contributed by atoms with van der Waals surface area (Å²) in [7, 11) is 0. The lowest BCUT2D eigenvalue weighted by Gasteiger charge is -2.19. The van der Waals surface area contributed by atoms with Crippen LogP contribution < -0.4 is 10.6 Å². The minimum absolute atomic E-state index is 0.126. The Labute approximate surface area is 189 Å². The number of fused-ring (bicyclic) bond motifs is 1. The monoisotopic (exact) mass is 507 g/mol. The number of H-pyrrole nitrogens is 1. The lowest BCUT2D eigenvalue weighted by Crippen LogP contribution is -2.23. The van der Waals surface area contributed by atoms with Crippen LogP contribution >= 0.6 is 39.7 Å². The molecule has 30 heavy (non-hydrogen) atoms. The number of hydrogen-bond donors (Lipinski definition) is 3. The molecule has 0 radical (unpaired) electrons. The summed E-state index contributed by atoms with van der Waals surface area (Å²) in [5.41, 5.74) is 1.22. The number of benzene rings is 2. The minimum Gasteiger partial charge on any atom is -0.493 e. The fourth-order valence-electron chi connectivity index (χ4n) is 3.36. The molecule has 3 aromatic rings. The van der Waals surface area contributed by atoms with Gasteiger partial charge in [-0.2, -0.15) is 0 Å². The van der Waals surface area contributed by atoms with Crippen LogP contribution in [0, 0.1) is 4.77 Å². The van der Waals surface area contributed by atoms with E-state index in [1.54, 1.807) is 12.1 Å². The van der Waals surface area contributed by atoms with Gasteiger partial charge in [-0.3, -0.25) is 9.36 Å². The van der Waals surface area contributed by atoms with Crippen molar-refractivity contribution in [3.05, 3.63) is 78.6 Å². The molecule has 0 fully saturated rings. The van der Waals surface area contributed by atoms with Gasteiger partial charge in [0.2, 0.25) is 5.88 Å². The molecule has 3 N–H and O–H groups in total. The van der Waals surface area contributed by atoms with Crippen molar-refractivity contribution in [2.45, 2.75) is 12.6 Å². The highest BCUT2D eigenvalue weighted by Crippen LogP contribution is 2.30. The van der Waals surface area contributed by atoms with E-state index in [9.17, 15) is 15.0 Å². The topological polar surface area (TPSA) is 99.8 Å². The van der Waals surface area contributed by atoms with E-state index in [0.717, 1.165) is 5.56 Å². The van der Waals surface area contributed by atoms with Crippen molar-refractivity contribution in [2.24, 2.45) is 4.99 Å². The first-order chi connectivity index (χ1) is 14.4. The molecule has 2 aromatic carbocycles. The highest BCUT2D eigenvalue weighted by molar-refractivity contribution is 9.10. The molecule has 154 valence electrons. The molecule has 1 amide bonds. The van der Waals surface area contributed by atoms with Gasteiger partial charge in [0, 0.05) is 16.1 Å². The first-order valence-corrected chi connectivity index (χ1v) is 10.4. The number of aromatic amines is 1. The number of aliphatic hydroxyl groups excluding tert-OH is 1. The van der Waals surface area contributed by atoms with Crippen molar-refractivity contribution in [1.82, 2.24) is 9.55 Å². The Morgan fingerprint density at radius 1 is 1.30 bits per heavy atom. The molecule has 1 aliphatic rings. The second-order valence-corrected chi connectivity index (χ2v) is 8.16. The van der Waals surface area contributed by atoms with Gasteiger partial charge in [0.1, 0.15) is 18.7 Å². The molecule has 1 atom stereocenters. The van der Waals surface area contributed by atoms with Crippen molar-refractivity contribution in [3.8, 4) is 5.88 Å². The number of carbonyl (C=O) groups is 1. The summed E-state index contributed by atoms with van der Waals surface area (Å²) in [5, 5.41) is 21.6. The number of halogens is 2. The zero-order valence-electron chi connectivity index (χ0n) is 15.3. The molecule has 1 aromatic heterocycles. The third kappa shape index (κ3) is 3.75. The minimum atomic E-state index is -0.791.